The van der Waals surface area contributed by atoms with E-state index in [2.05, 4.69) is 5.32 Å². The number of nitrogens with zero attached hydrogens (tertiary/aromatic N) is 1. The Hall–Kier alpha value is -3.96. The Labute approximate surface area is 212 Å². The van der Waals surface area contributed by atoms with Crippen LogP contribution in [0.2, 0.25) is 0 Å². The van der Waals surface area contributed by atoms with Gasteiger partial charge in [0.15, 0.2) is 5.54 Å². The van der Waals surface area contributed by atoms with Crippen molar-refractivity contribution in [3.8, 4) is 11.5 Å². The van der Waals surface area contributed by atoms with Gasteiger partial charge in [-0.3, -0.25) is 19.7 Å². The van der Waals surface area contributed by atoms with Crippen LogP contribution in [0.4, 0.5) is 5.69 Å². The Morgan fingerprint density at radius 1 is 1.05 bits per heavy atom. The van der Waals surface area contributed by atoms with Crippen molar-refractivity contribution >= 4 is 29.4 Å². The molecule has 2 fully saturated rings. The number of aryl methyl sites for hydroxylation is 1. The van der Waals surface area contributed by atoms with Gasteiger partial charge in [-0.15, -0.1) is 0 Å². The van der Waals surface area contributed by atoms with Crippen LogP contribution in [0.15, 0.2) is 36.4 Å². The van der Waals surface area contributed by atoms with E-state index in [4.69, 9.17) is 14.2 Å². The Balaban J connectivity index is 1.94. The number of imide groups is 1. The quantitative estimate of drug-likeness (QED) is 0.349. The average molecular weight is 513 g/mol. The summed E-state index contributed by atoms with van der Waals surface area (Å²) in [4.78, 5) is 53.8. The maximum Gasteiger partial charge on any atom is 0.341 e. The standard InChI is InChI=1S/C26H28N2O9/c1-5-13-6-8-14(9-7-13)28-22(30)19-20(23(28)31)26(12-29,25(33)34)27-21(19)16-10-15(35-2)11-17(36-3)18(16)24(32)37-4/h6-11,19-21,27,29H,5,12H2,1-4H3,(H,33,34). The molecule has 4 rings (SSSR count). The summed E-state index contributed by atoms with van der Waals surface area (Å²) in [7, 11) is 3.89. The number of carbonyl (C=O) groups excluding carboxylic acids is 3. The molecule has 2 heterocycles. The van der Waals surface area contributed by atoms with E-state index in [-0.39, 0.29) is 28.3 Å². The largest absolute Gasteiger partial charge is 0.497 e. The molecule has 0 bridgehead atoms. The van der Waals surface area contributed by atoms with E-state index in [0.29, 0.717) is 0 Å². The molecule has 3 N–H and O–H groups in total. The van der Waals surface area contributed by atoms with Gasteiger partial charge in [-0.25, -0.2) is 9.69 Å². The topological polar surface area (TPSA) is 152 Å². The lowest BCUT2D eigenvalue weighted by Gasteiger charge is -2.29. The van der Waals surface area contributed by atoms with Gasteiger partial charge in [0, 0.05) is 12.1 Å². The summed E-state index contributed by atoms with van der Waals surface area (Å²) in [5, 5.41) is 23.3. The van der Waals surface area contributed by atoms with Crippen LogP contribution < -0.4 is 19.7 Å². The number of aliphatic hydroxyl groups excluding tert-OH is 1. The molecule has 37 heavy (non-hydrogen) atoms. The number of anilines is 1. The van der Waals surface area contributed by atoms with Gasteiger partial charge in [-0.05, 0) is 35.7 Å². The third-order valence-corrected chi connectivity index (χ3v) is 7.17. The van der Waals surface area contributed by atoms with Crippen molar-refractivity contribution in [3.05, 3.63) is 53.1 Å². The molecule has 4 atom stereocenters. The fraction of sp³-hybridized carbons (Fsp3) is 0.385. The molecule has 196 valence electrons. The van der Waals surface area contributed by atoms with Gasteiger partial charge in [-0.2, -0.15) is 0 Å². The van der Waals surface area contributed by atoms with Crippen LogP contribution in [0.3, 0.4) is 0 Å². The van der Waals surface area contributed by atoms with Gasteiger partial charge in [-0.1, -0.05) is 19.1 Å². The predicted octanol–water partition coefficient (Wildman–Crippen LogP) is 1.32. The fourth-order valence-corrected chi connectivity index (χ4v) is 5.27. The third kappa shape index (κ3) is 3.91. The van der Waals surface area contributed by atoms with Gasteiger partial charge >= 0.3 is 11.9 Å². The number of ether oxygens (including phenoxy) is 3. The minimum atomic E-state index is -2.19. The molecular formula is C26H28N2O9. The van der Waals surface area contributed by atoms with Crippen molar-refractivity contribution in [2.24, 2.45) is 11.8 Å². The Kier molecular flexibility index (Phi) is 6.94. The monoisotopic (exact) mass is 512 g/mol. The van der Waals surface area contributed by atoms with Crippen molar-refractivity contribution in [1.82, 2.24) is 5.32 Å². The van der Waals surface area contributed by atoms with E-state index in [9.17, 15) is 29.4 Å². The van der Waals surface area contributed by atoms with E-state index in [1.165, 1.54) is 33.5 Å². The molecule has 0 aromatic heterocycles. The summed E-state index contributed by atoms with van der Waals surface area (Å²) in [6, 6.07) is 8.51. The number of aliphatic hydroxyl groups is 1. The molecule has 11 nitrogen and oxygen atoms in total. The highest BCUT2D eigenvalue weighted by Gasteiger charge is 2.69. The number of nitrogens with one attached hydrogen (secondary N) is 1. The Morgan fingerprint density at radius 2 is 1.73 bits per heavy atom. The smallest absolute Gasteiger partial charge is 0.341 e. The minimum absolute atomic E-state index is 0.0628. The molecule has 4 unspecified atom stereocenters. The van der Waals surface area contributed by atoms with Gasteiger partial charge in [0.1, 0.15) is 17.1 Å². The zero-order chi connectivity index (χ0) is 27.1. The first kappa shape index (κ1) is 26.1. The van der Waals surface area contributed by atoms with Crippen LogP contribution in [0.25, 0.3) is 0 Å². The number of aliphatic carboxylic acids is 1. The number of fused-ring (bicyclic) bond motifs is 1. The van der Waals surface area contributed by atoms with Gasteiger partial charge in [0.25, 0.3) is 0 Å². The minimum Gasteiger partial charge on any atom is -0.497 e. The van der Waals surface area contributed by atoms with Crippen LogP contribution in [0.1, 0.15) is 34.5 Å². The highest BCUT2D eigenvalue weighted by molar-refractivity contribution is 6.24. The fourth-order valence-electron chi connectivity index (χ4n) is 5.27. The van der Waals surface area contributed by atoms with E-state index in [1.807, 2.05) is 6.92 Å². The number of methoxy groups -OCH3 is 3. The molecular weight excluding hydrogens is 484 g/mol. The van der Waals surface area contributed by atoms with Crippen LogP contribution in [-0.4, -0.2) is 67.4 Å². The highest BCUT2D eigenvalue weighted by Crippen LogP contribution is 2.51. The normalized spacial score (nSPS) is 24.7. The van der Waals surface area contributed by atoms with Crippen LogP contribution in [0, 0.1) is 11.8 Å². The maximum absolute atomic E-state index is 13.8. The highest BCUT2D eigenvalue weighted by atomic mass is 16.5. The molecule has 0 saturated carbocycles. The van der Waals surface area contributed by atoms with Crippen LogP contribution in [0.5, 0.6) is 11.5 Å². The second kappa shape index (κ2) is 9.83. The summed E-state index contributed by atoms with van der Waals surface area (Å²) >= 11 is 0. The first-order valence-corrected chi connectivity index (χ1v) is 11.6. The van der Waals surface area contributed by atoms with Crippen molar-refractivity contribution in [3.63, 3.8) is 0 Å². The van der Waals surface area contributed by atoms with Gasteiger partial charge in [0.05, 0.1) is 45.5 Å². The summed E-state index contributed by atoms with van der Waals surface area (Å²) in [5.74, 6) is -6.12. The summed E-state index contributed by atoms with van der Waals surface area (Å²) in [5.41, 5.74) is -0.840. The van der Waals surface area contributed by atoms with E-state index in [1.54, 1.807) is 24.3 Å². The zero-order valence-corrected chi connectivity index (χ0v) is 20.8. The number of hydrogen-bond acceptors (Lipinski definition) is 9. The zero-order valence-electron chi connectivity index (χ0n) is 20.8. The first-order valence-electron chi connectivity index (χ1n) is 11.6. The average Bonchev–Trinajstić information content (AvgIpc) is 3.41. The number of carboxylic acids is 1. The molecule has 0 spiro atoms. The molecule has 2 amide bonds. The number of esters is 1. The first-order chi connectivity index (χ1) is 17.7. The van der Waals surface area contributed by atoms with Crippen molar-refractivity contribution < 1.29 is 43.6 Å². The summed E-state index contributed by atoms with van der Waals surface area (Å²) in [6.07, 6.45) is 0.750. The molecule has 11 heteroatoms. The number of benzene rings is 2. The van der Waals surface area contributed by atoms with E-state index < -0.39 is 53.8 Å². The van der Waals surface area contributed by atoms with Crippen LogP contribution >= 0.6 is 0 Å². The number of rotatable bonds is 8. The Morgan fingerprint density at radius 3 is 2.24 bits per heavy atom. The molecule has 2 aliphatic rings. The van der Waals surface area contributed by atoms with Crippen molar-refractivity contribution in [2.75, 3.05) is 32.8 Å². The van der Waals surface area contributed by atoms with Gasteiger partial charge < -0.3 is 24.4 Å². The second-order valence-electron chi connectivity index (χ2n) is 8.88. The molecule has 0 aliphatic carbocycles. The van der Waals surface area contributed by atoms with E-state index >= 15 is 0 Å². The Bertz CT molecular complexity index is 1260. The van der Waals surface area contributed by atoms with Crippen molar-refractivity contribution in [1.29, 1.82) is 0 Å². The summed E-state index contributed by atoms with van der Waals surface area (Å²) < 4.78 is 15.6. The predicted molar refractivity (Wildman–Crippen MR) is 130 cm³/mol. The van der Waals surface area contributed by atoms with Gasteiger partial charge in [0.2, 0.25) is 11.8 Å². The lowest BCUT2D eigenvalue weighted by atomic mass is 9.79. The summed E-state index contributed by atoms with van der Waals surface area (Å²) in [6.45, 7) is 0.988. The van der Waals surface area contributed by atoms with Crippen molar-refractivity contribution in [2.45, 2.75) is 24.9 Å². The third-order valence-electron chi connectivity index (χ3n) is 7.17. The lowest BCUT2D eigenvalue weighted by Crippen LogP contribution is -2.58. The number of hydrogen-bond donors (Lipinski definition) is 3. The SMILES string of the molecule is CCc1ccc(N2C(=O)C3C(c4cc(OC)cc(OC)c4C(=O)OC)NC(CO)(C(=O)O)C3C2=O)cc1. The number of amides is 2. The molecule has 2 aromatic carbocycles. The molecule has 2 aromatic rings. The van der Waals surface area contributed by atoms with E-state index in [0.717, 1.165) is 16.9 Å². The maximum atomic E-state index is 13.8. The lowest BCUT2D eigenvalue weighted by molar-refractivity contribution is -0.150. The molecule has 2 saturated heterocycles. The number of carbonyl (C=O) groups is 4. The molecule has 2 aliphatic heterocycles. The second-order valence-corrected chi connectivity index (χ2v) is 8.88. The van der Waals surface area contributed by atoms with Crippen LogP contribution in [-0.2, 0) is 25.5 Å². The number of carboxylic acid groups (broad SMARTS) is 1. The molecule has 0 radical (unpaired) electrons.